The first-order valence-corrected chi connectivity index (χ1v) is 8.13. The number of sulfonamides is 1. The predicted octanol–water partition coefficient (Wildman–Crippen LogP) is 1.46. The summed E-state index contributed by atoms with van der Waals surface area (Å²) in [4.78, 5) is 0.238. The van der Waals surface area contributed by atoms with Crippen LogP contribution in [0.5, 0.6) is 0 Å². The van der Waals surface area contributed by atoms with E-state index in [9.17, 15) is 8.42 Å². The first kappa shape index (κ1) is 15.0. The lowest BCUT2D eigenvalue weighted by Gasteiger charge is -2.09. The van der Waals surface area contributed by atoms with Gasteiger partial charge in [-0.25, -0.2) is 13.1 Å². The summed E-state index contributed by atoms with van der Waals surface area (Å²) < 4.78 is 32.0. The second-order valence-corrected chi connectivity index (χ2v) is 6.66. The quantitative estimate of drug-likeness (QED) is 0.861. The molecule has 0 aliphatic carbocycles. The van der Waals surface area contributed by atoms with E-state index in [1.165, 1.54) is 12.1 Å². The van der Waals surface area contributed by atoms with E-state index < -0.39 is 10.0 Å². The molecule has 6 heteroatoms. The highest BCUT2D eigenvalue weighted by atomic mass is 32.2. The Kier molecular flexibility index (Phi) is 5.12. The van der Waals surface area contributed by atoms with Crippen LogP contribution in [0.4, 0.5) is 0 Å². The Bertz CT molecular complexity index is 569. The van der Waals surface area contributed by atoms with Gasteiger partial charge in [0.05, 0.1) is 17.4 Å². The standard InChI is InChI=1S/C14H18N2O3S/c15-8-5-12-1-3-14(4-2-12)20(17,18)16-9-6-13-7-10-19-11-13/h1-4,13,16H,5-7,9-11H2. The minimum Gasteiger partial charge on any atom is -0.381 e. The second-order valence-electron chi connectivity index (χ2n) is 4.89. The maximum Gasteiger partial charge on any atom is 0.240 e. The molecule has 0 saturated carbocycles. The lowest BCUT2D eigenvalue weighted by Crippen LogP contribution is -2.26. The van der Waals surface area contributed by atoms with Crippen molar-refractivity contribution in [1.82, 2.24) is 4.72 Å². The highest BCUT2D eigenvalue weighted by molar-refractivity contribution is 7.89. The van der Waals surface area contributed by atoms with Crippen LogP contribution in [0.25, 0.3) is 0 Å². The van der Waals surface area contributed by atoms with Crippen LogP contribution in [0, 0.1) is 17.2 Å². The Balaban J connectivity index is 1.90. The van der Waals surface area contributed by atoms with Crippen LogP contribution in [0.2, 0.25) is 0 Å². The Hall–Kier alpha value is -1.42. The molecule has 0 radical (unpaired) electrons. The van der Waals surface area contributed by atoms with Crippen molar-refractivity contribution in [3.63, 3.8) is 0 Å². The Morgan fingerprint density at radius 1 is 1.35 bits per heavy atom. The molecule has 1 aliphatic heterocycles. The Morgan fingerprint density at radius 3 is 2.70 bits per heavy atom. The third-order valence-electron chi connectivity index (χ3n) is 3.39. The first-order chi connectivity index (χ1) is 9.62. The molecular formula is C14H18N2O3S. The fourth-order valence-electron chi connectivity index (χ4n) is 2.17. The van der Waals surface area contributed by atoms with Crippen molar-refractivity contribution in [3.8, 4) is 6.07 Å². The molecule has 2 rings (SSSR count). The molecule has 108 valence electrons. The third-order valence-corrected chi connectivity index (χ3v) is 4.86. The van der Waals surface area contributed by atoms with Crippen LogP contribution >= 0.6 is 0 Å². The number of nitrogens with zero attached hydrogens (tertiary/aromatic N) is 1. The summed E-state index contributed by atoms with van der Waals surface area (Å²) in [7, 11) is -3.46. The normalized spacial score (nSPS) is 18.9. The van der Waals surface area contributed by atoms with E-state index >= 15 is 0 Å². The molecule has 1 atom stereocenters. The van der Waals surface area contributed by atoms with Crippen molar-refractivity contribution in [1.29, 1.82) is 5.26 Å². The lowest BCUT2D eigenvalue weighted by molar-refractivity contribution is 0.184. The van der Waals surface area contributed by atoms with E-state index in [1.54, 1.807) is 12.1 Å². The number of rotatable bonds is 6. The summed E-state index contributed by atoms with van der Waals surface area (Å²) in [5, 5.41) is 8.58. The highest BCUT2D eigenvalue weighted by Gasteiger charge is 2.18. The topological polar surface area (TPSA) is 79.2 Å². The average Bonchev–Trinajstić information content (AvgIpc) is 2.93. The van der Waals surface area contributed by atoms with Gasteiger partial charge < -0.3 is 4.74 Å². The monoisotopic (exact) mass is 294 g/mol. The lowest BCUT2D eigenvalue weighted by atomic mass is 10.1. The number of nitriles is 1. The van der Waals surface area contributed by atoms with Crippen molar-refractivity contribution < 1.29 is 13.2 Å². The van der Waals surface area contributed by atoms with E-state index in [1.807, 2.05) is 6.07 Å². The van der Waals surface area contributed by atoms with Crippen LogP contribution in [-0.2, 0) is 21.2 Å². The van der Waals surface area contributed by atoms with Crippen molar-refractivity contribution in [2.24, 2.45) is 5.92 Å². The van der Waals surface area contributed by atoms with E-state index in [4.69, 9.17) is 10.00 Å². The van der Waals surface area contributed by atoms with Crippen LogP contribution in [0.1, 0.15) is 18.4 Å². The van der Waals surface area contributed by atoms with Gasteiger partial charge in [0.2, 0.25) is 10.0 Å². The number of ether oxygens (including phenoxy) is 1. The zero-order valence-corrected chi connectivity index (χ0v) is 12.0. The van der Waals surface area contributed by atoms with Crippen molar-refractivity contribution in [2.75, 3.05) is 19.8 Å². The maximum atomic E-state index is 12.1. The van der Waals surface area contributed by atoms with Gasteiger partial charge in [0, 0.05) is 19.8 Å². The van der Waals surface area contributed by atoms with Gasteiger partial charge in [-0.2, -0.15) is 5.26 Å². The fraction of sp³-hybridized carbons (Fsp3) is 0.500. The summed E-state index contributed by atoms with van der Waals surface area (Å²) in [5.41, 5.74) is 0.814. The molecule has 1 aromatic carbocycles. The van der Waals surface area contributed by atoms with Gasteiger partial charge >= 0.3 is 0 Å². The molecule has 1 unspecified atom stereocenters. The largest absolute Gasteiger partial charge is 0.381 e. The maximum absolute atomic E-state index is 12.1. The minimum absolute atomic E-state index is 0.238. The minimum atomic E-state index is -3.46. The SMILES string of the molecule is N#CCc1ccc(S(=O)(=O)NCCC2CCOC2)cc1. The molecule has 0 spiro atoms. The van der Waals surface area contributed by atoms with Gasteiger partial charge in [-0.05, 0) is 36.5 Å². The van der Waals surface area contributed by atoms with E-state index in [0.717, 1.165) is 31.6 Å². The molecule has 5 nitrogen and oxygen atoms in total. The Morgan fingerprint density at radius 2 is 2.10 bits per heavy atom. The van der Waals surface area contributed by atoms with E-state index in [0.29, 0.717) is 12.5 Å². The van der Waals surface area contributed by atoms with Crippen LogP contribution in [-0.4, -0.2) is 28.2 Å². The van der Waals surface area contributed by atoms with Gasteiger partial charge in [0.1, 0.15) is 0 Å². The molecular weight excluding hydrogens is 276 g/mol. The van der Waals surface area contributed by atoms with Crippen molar-refractivity contribution >= 4 is 10.0 Å². The Labute approximate surface area is 119 Å². The van der Waals surface area contributed by atoms with Gasteiger partial charge in [-0.3, -0.25) is 0 Å². The van der Waals surface area contributed by atoms with E-state index in [2.05, 4.69) is 4.72 Å². The average molecular weight is 294 g/mol. The van der Waals surface area contributed by atoms with Gasteiger partial charge in [0.25, 0.3) is 0 Å². The number of hydrogen-bond donors (Lipinski definition) is 1. The molecule has 1 heterocycles. The van der Waals surface area contributed by atoms with Gasteiger partial charge in [0.15, 0.2) is 0 Å². The number of hydrogen-bond acceptors (Lipinski definition) is 4. The number of benzene rings is 1. The molecule has 1 saturated heterocycles. The smallest absolute Gasteiger partial charge is 0.240 e. The first-order valence-electron chi connectivity index (χ1n) is 6.65. The number of nitrogens with one attached hydrogen (secondary N) is 1. The molecule has 0 bridgehead atoms. The van der Waals surface area contributed by atoms with Crippen LogP contribution in [0.3, 0.4) is 0 Å². The van der Waals surface area contributed by atoms with Crippen molar-refractivity contribution in [2.45, 2.75) is 24.2 Å². The van der Waals surface area contributed by atoms with Crippen molar-refractivity contribution in [3.05, 3.63) is 29.8 Å². The van der Waals surface area contributed by atoms with Gasteiger partial charge in [-0.15, -0.1) is 0 Å². The summed E-state index contributed by atoms with van der Waals surface area (Å²) in [5.74, 6) is 0.454. The van der Waals surface area contributed by atoms with Crippen LogP contribution in [0.15, 0.2) is 29.2 Å². The molecule has 1 N–H and O–H groups in total. The molecule has 20 heavy (non-hydrogen) atoms. The third kappa shape index (κ3) is 4.04. The highest BCUT2D eigenvalue weighted by Crippen LogP contribution is 2.16. The zero-order chi connectivity index (χ0) is 14.4. The molecule has 1 aromatic rings. The molecule has 1 fully saturated rings. The molecule has 0 aromatic heterocycles. The molecule has 0 amide bonds. The van der Waals surface area contributed by atoms with E-state index in [-0.39, 0.29) is 11.3 Å². The van der Waals surface area contributed by atoms with Crippen LogP contribution < -0.4 is 4.72 Å². The summed E-state index contributed by atoms with van der Waals surface area (Å²) >= 11 is 0. The molecule has 1 aliphatic rings. The summed E-state index contributed by atoms with van der Waals surface area (Å²) in [6.07, 6.45) is 2.09. The second kappa shape index (κ2) is 6.84. The van der Waals surface area contributed by atoms with Gasteiger partial charge in [-0.1, -0.05) is 12.1 Å². The predicted molar refractivity (Wildman–Crippen MR) is 74.5 cm³/mol. The fourth-order valence-corrected chi connectivity index (χ4v) is 3.22. The summed E-state index contributed by atoms with van der Waals surface area (Å²) in [6.45, 7) is 1.93. The summed E-state index contributed by atoms with van der Waals surface area (Å²) in [6, 6.07) is 8.44. The zero-order valence-electron chi connectivity index (χ0n) is 11.2.